The van der Waals surface area contributed by atoms with Crippen molar-refractivity contribution in [2.24, 2.45) is 0 Å². The van der Waals surface area contributed by atoms with Crippen LogP contribution in [0.1, 0.15) is 5.56 Å². The Labute approximate surface area is 183 Å². The van der Waals surface area contributed by atoms with Crippen molar-refractivity contribution in [3.05, 3.63) is 51.5 Å². The number of ether oxygens (including phenoxy) is 3. The van der Waals surface area contributed by atoms with Crippen LogP contribution in [0.2, 0.25) is 10.0 Å². The number of benzene rings is 2. The quantitative estimate of drug-likeness (QED) is 0.563. The smallest absolute Gasteiger partial charge is 0.266 e. The molecule has 0 unspecified atom stereocenters. The number of amides is 1. The molecule has 7 nitrogen and oxygen atoms in total. The van der Waals surface area contributed by atoms with Gasteiger partial charge in [-0.25, -0.2) is 0 Å². The Balaban J connectivity index is 1.60. The van der Waals surface area contributed by atoms with Crippen LogP contribution in [-0.2, 0) is 9.53 Å². The van der Waals surface area contributed by atoms with Crippen molar-refractivity contribution in [2.75, 3.05) is 43.3 Å². The molecule has 0 bridgehead atoms. The van der Waals surface area contributed by atoms with E-state index in [2.05, 4.69) is 10.2 Å². The predicted octanol–water partition coefficient (Wildman–Crippen LogP) is 4.10. The summed E-state index contributed by atoms with van der Waals surface area (Å²) in [6, 6.07) is 10.5. The van der Waals surface area contributed by atoms with Gasteiger partial charge in [-0.1, -0.05) is 23.2 Å². The third-order valence-corrected chi connectivity index (χ3v) is 5.20. The minimum absolute atomic E-state index is 0.0763. The Morgan fingerprint density at radius 2 is 1.97 bits per heavy atom. The number of hydrogen-bond acceptors (Lipinski definition) is 6. The van der Waals surface area contributed by atoms with Gasteiger partial charge in [0.2, 0.25) is 6.79 Å². The molecule has 2 aliphatic rings. The van der Waals surface area contributed by atoms with E-state index >= 15 is 0 Å². The minimum atomic E-state index is -0.553. The molecule has 0 radical (unpaired) electrons. The van der Waals surface area contributed by atoms with Crippen molar-refractivity contribution < 1.29 is 19.0 Å². The average molecular weight is 446 g/mol. The van der Waals surface area contributed by atoms with E-state index in [1.54, 1.807) is 24.3 Å². The minimum Gasteiger partial charge on any atom is -0.454 e. The normalized spacial score (nSPS) is 15.6. The molecule has 154 valence electrons. The first-order valence-corrected chi connectivity index (χ1v) is 9.95. The first-order valence-electron chi connectivity index (χ1n) is 9.19. The van der Waals surface area contributed by atoms with E-state index in [0.29, 0.717) is 59.1 Å². The molecular weight excluding hydrogens is 429 g/mol. The second-order valence-corrected chi connectivity index (χ2v) is 7.46. The lowest BCUT2D eigenvalue weighted by molar-refractivity contribution is -0.112. The van der Waals surface area contributed by atoms with Crippen LogP contribution >= 0.6 is 23.2 Å². The Morgan fingerprint density at radius 3 is 2.73 bits per heavy atom. The predicted molar refractivity (Wildman–Crippen MR) is 114 cm³/mol. The Kier molecular flexibility index (Phi) is 6.00. The first-order chi connectivity index (χ1) is 14.5. The van der Waals surface area contributed by atoms with Crippen LogP contribution in [0.25, 0.3) is 6.08 Å². The Bertz CT molecular complexity index is 1060. The maximum Gasteiger partial charge on any atom is 0.266 e. The molecule has 2 aromatic carbocycles. The summed E-state index contributed by atoms with van der Waals surface area (Å²) in [6.07, 6.45) is 1.45. The fourth-order valence-electron chi connectivity index (χ4n) is 3.26. The summed E-state index contributed by atoms with van der Waals surface area (Å²) in [4.78, 5) is 14.9. The molecule has 1 fully saturated rings. The number of nitrogens with zero attached hydrogens (tertiary/aromatic N) is 2. The highest BCUT2D eigenvalue weighted by Gasteiger charge is 2.20. The average Bonchev–Trinajstić information content (AvgIpc) is 3.22. The first kappa shape index (κ1) is 20.4. The van der Waals surface area contributed by atoms with E-state index in [1.807, 2.05) is 12.1 Å². The van der Waals surface area contributed by atoms with Crippen molar-refractivity contribution in [2.45, 2.75) is 0 Å². The van der Waals surface area contributed by atoms with Crippen molar-refractivity contribution in [3.8, 4) is 17.6 Å². The zero-order chi connectivity index (χ0) is 21.1. The van der Waals surface area contributed by atoms with E-state index in [4.69, 9.17) is 37.4 Å². The molecule has 30 heavy (non-hydrogen) atoms. The molecule has 0 aliphatic carbocycles. The van der Waals surface area contributed by atoms with E-state index in [-0.39, 0.29) is 12.4 Å². The van der Waals surface area contributed by atoms with Gasteiger partial charge in [-0.3, -0.25) is 4.79 Å². The van der Waals surface area contributed by atoms with Gasteiger partial charge in [-0.2, -0.15) is 5.26 Å². The lowest BCUT2D eigenvalue weighted by atomic mass is 10.1. The van der Waals surface area contributed by atoms with Gasteiger partial charge in [0.25, 0.3) is 5.91 Å². The topological polar surface area (TPSA) is 83.8 Å². The van der Waals surface area contributed by atoms with Gasteiger partial charge in [-0.15, -0.1) is 0 Å². The monoisotopic (exact) mass is 445 g/mol. The maximum absolute atomic E-state index is 12.8. The van der Waals surface area contributed by atoms with Crippen LogP contribution in [0, 0.1) is 11.3 Å². The summed E-state index contributed by atoms with van der Waals surface area (Å²) in [6.45, 7) is 2.67. The van der Waals surface area contributed by atoms with E-state index in [1.165, 1.54) is 6.08 Å². The van der Waals surface area contributed by atoms with Crippen LogP contribution in [0.4, 0.5) is 11.4 Å². The zero-order valence-electron chi connectivity index (χ0n) is 15.8. The lowest BCUT2D eigenvalue weighted by Gasteiger charge is -2.30. The van der Waals surface area contributed by atoms with Crippen molar-refractivity contribution >= 4 is 46.6 Å². The summed E-state index contributed by atoms with van der Waals surface area (Å²) in [5, 5.41) is 13.2. The largest absolute Gasteiger partial charge is 0.454 e. The molecular formula is C21H17Cl2N3O4. The van der Waals surface area contributed by atoms with Crippen LogP contribution in [0.15, 0.2) is 35.9 Å². The van der Waals surface area contributed by atoms with Crippen molar-refractivity contribution in [3.63, 3.8) is 0 Å². The number of anilines is 2. The van der Waals surface area contributed by atoms with Crippen LogP contribution in [0.5, 0.6) is 11.5 Å². The number of halogens is 2. The molecule has 0 aromatic heterocycles. The zero-order valence-corrected chi connectivity index (χ0v) is 17.3. The fraction of sp³-hybridized carbons (Fsp3) is 0.238. The second-order valence-electron chi connectivity index (χ2n) is 6.62. The number of carbonyl (C=O) groups excluding carboxylic acids is 1. The lowest BCUT2D eigenvalue weighted by Crippen LogP contribution is -2.36. The number of nitrogens with one attached hydrogen (secondary N) is 1. The third-order valence-electron chi connectivity index (χ3n) is 4.68. The highest BCUT2D eigenvalue weighted by molar-refractivity contribution is 6.32. The van der Waals surface area contributed by atoms with Gasteiger partial charge < -0.3 is 24.4 Å². The van der Waals surface area contributed by atoms with Gasteiger partial charge in [0.15, 0.2) is 11.5 Å². The third kappa shape index (κ3) is 4.31. The van der Waals surface area contributed by atoms with Gasteiger partial charge >= 0.3 is 0 Å². The molecule has 9 heteroatoms. The van der Waals surface area contributed by atoms with Gasteiger partial charge in [0, 0.05) is 18.1 Å². The molecule has 2 heterocycles. The van der Waals surface area contributed by atoms with Gasteiger partial charge in [0.1, 0.15) is 11.6 Å². The number of carbonyl (C=O) groups is 1. The van der Waals surface area contributed by atoms with Crippen LogP contribution in [0.3, 0.4) is 0 Å². The molecule has 1 saturated heterocycles. The van der Waals surface area contributed by atoms with Crippen molar-refractivity contribution in [1.29, 1.82) is 5.26 Å². The summed E-state index contributed by atoms with van der Waals surface area (Å²) >= 11 is 12.3. The number of fused-ring (bicyclic) bond motifs is 1. The summed E-state index contributed by atoms with van der Waals surface area (Å²) in [5.74, 6) is 0.366. The number of hydrogen-bond donors (Lipinski definition) is 1. The number of rotatable bonds is 4. The summed E-state index contributed by atoms with van der Waals surface area (Å²) in [5.41, 5.74) is 1.81. The molecule has 2 aromatic rings. The van der Waals surface area contributed by atoms with Crippen molar-refractivity contribution in [1.82, 2.24) is 0 Å². The fourth-order valence-corrected chi connectivity index (χ4v) is 3.71. The second kappa shape index (κ2) is 8.84. The maximum atomic E-state index is 12.8. The molecule has 4 rings (SSSR count). The van der Waals surface area contributed by atoms with Crippen LogP contribution in [-0.4, -0.2) is 39.0 Å². The molecule has 0 spiro atoms. The van der Waals surface area contributed by atoms with Crippen LogP contribution < -0.4 is 19.7 Å². The summed E-state index contributed by atoms with van der Waals surface area (Å²) in [7, 11) is 0. The van der Waals surface area contributed by atoms with E-state index < -0.39 is 5.91 Å². The van der Waals surface area contributed by atoms with Gasteiger partial charge in [-0.05, 0) is 42.0 Å². The molecule has 2 aliphatic heterocycles. The number of morpholine rings is 1. The highest BCUT2D eigenvalue weighted by atomic mass is 35.5. The SMILES string of the molecule is N#C/C(=C\c1cc(Cl)c2c(c1)OCO2)C(=O)Nc1cc(Cl)ccc1N1CCOCC1. The van der Waals surface area contributed by atoms with Gasteiger partial charge in [0.05, 0.1) is 29.6 Å². The molecule has 1 N–H and O–H groups in total. The number of nitriles is 1. The Hall–Kier alpha value is -2.92. The van der Waals surface area contributed by atoms with E-state index in [9.17, 15) is 10.1 Å². The van der Waals surface area contributed by atoms with E-state index in [0.717, 1.165) is 5.69 Å². The molecule has 0 saturated carbocycles. The standard InChI is InChI=1S/C21H17Cl2N3O4/c22-15-1-2-18(26-3-5-28-6-4-26)17(10-15)25-21(27)14(11-24)7-13-8-16(23)20-19(9-13)29-12-30-20/h1-2,7-10H,3-6,12H2,(H,25,27)/b14-7+. The molecule has 1 amide bonds. The highest BCUT2D eigenvalue weighted by Crippen LogP contribution is 2.40. The Morgan fingerprint density at radius 1 is 1.17 bits per heavy atom. The summed E-state index contributed by atoms with van der Waals surface area (Å²) < 4.78 is 16.0. The molecule has 0 atom stereocenters.